The maximum absolute atomic E-state index is 13.6. The number of aryl methyl sites for hydroxylation is 1. The number of nitrogens with one attached hydrogen (secondary N) is 1. The van der Waals surface area contributed by atoms with Crippen molar-refractivity contribution >= 4 is 34.7 Å². The van der Waals surface area contributed by atoms with E-state index in [1.165, 1.54) is 11.8 Å². The van der Waals surface area contributed by atoms with E-state index in [2.05, 4.69) is 17.1 Å². The SMILES string of the molecule is CCN1CCN(C2=C(c3ccc(NC(C)=O)cc3)C(=O)N(c3cccc(C)c3)C2=O)CC1. The number of imide groups is 1. The van der Waals surface area contributed by atoms with Crippen molar-refractivity contribution in [1.82, 2.24) is 9.80 Å². The van der Waals surface area contributed by atoms with Crippen LogP contribution in [-0.4, -0.2) is 60.2 Å². The molecule has 0 radical (unpaired) electrons. The maximum atomic E-state index is 13.6. The van der Waals surface area contributed by atoms with Crippen LogP contribution in [0.2, 0.25) is 0 Å². The Morgan fingerprint density at radius 3 is 2.25 bits per heavy atom. The summed E-state index contributed by atoms with van der Waals surface area (Å²) in [6.07, 6.45) is 0. The molecule has 0 spiro atoms. The van der Waals surface area contributed by atoms with Crippen LogP contribution < -0.4 is 10.2 Å². The average molecular weight is 433 g/mol. The van der Waals surface area contributed by atoms with Crippen molar-refractivity contribution in [2.45, 2.75) is 20.8 Å². The van der Waals surface area contributed by atoms with E-state index in [0.29, 0.717) is 41.3 Å². The molecular formula is C25H28N4O3. The first-order valence-corrected chi connectivity index (χ1v) is 10.9. The molecule has 4 rings (SSSR count). The maximum Gasteiger partial charge on any atom is 0.282 e. The predicted octanol–water partition coefficient (Wildman–Crippen LogP) is 2.88. The molecule has 2 aromatic carbocycles. The van der Waals surface area contributed by atoms with Crippen molar-refractivity contribution < 1.29 is 14.4 Å². The van der Waals surface area contributed by atoms with Crippen LogP contribution in [0.25, 0.3) is 5.57 Å². The van der Waals surface area contributed by atoms with Gasteiger partial charge in [-0.2, -0.15) is 0 Å². The highest BCUT2D eigenvalue weighted by Gasteiger charge is 2.43. The fourth-order valence-corrected chi connectivity index (χ4v) is 4.28. The molecule has 0 aromatic heterocycles. The molecule has 7 nitrogen and oxygen atoms in total. The first kappa shape index (κ1) is 21.8. The minimum atomic E-state index is -0.319. The molecule has 2 heterocycles. The first-order valence-electron chi connectivity index (χ1n) is 10.9. The van der Waals surface area contributed by atoms with Gasteiger partial charge in [-0.1, -0.05) is 31.2 Å². The van der Waals surface area contributed by atoms with Crippen molar-refractivity contribution in [2.75, 3.05) is 42.9 Å². The van der Waals surface area contributed by atoms with E-state index in [4.69, 9.17) is 0 Å². The molecule has 0 bridgehead atoms. The zero-order valence-corrected chi connectivity index (χ0v) is 18.7. The summed E-state index contributed by atoms with van der Waals surface area (Å²) >= 11 is 0. The fraction of sp³-hybridized carbons (Fsp3) is 0.320. The van der Waals surface area contributed by atoms with Gasteiger partial charge in [0, 0.05) is 38.8 Å². The summed E-state index contributed by atoms with van der Waals surface area (Å²) in [7, 11) is 0. The Kier molecular flexibility index (Phi) is 6.10. The molecule has 7 heteroatoms. The molecule has 166 valence electrons. The van der Waals surface area contributed by atoms with Gasteiger partial charge in [-0.15, -0.1) is 0 Å². The molecule has 3 amide bonds. The van der Waals surface area contributed by atoms with Crippen molar-refractivity contribution in [3.8, 4) is 0 Å². The van der Waals surface area contributed by atoms with Gasteiger partial charge in [0.05, 0.1) is 11.3 Å². The van der Waals surface area contributed by atoms with Gasteiger partial charge < -0.3 is 15.1 Å². The van der Waals surface area contributed by atoms with Gasteiger partial charge in [-0.25, -0.2) is 4.90 Å². The normalized spacial score (nSPS) is 17.3. The zero-order chi connectivity index (χ0) is 22.8. The number of amides is 3. The number of hydrogen-bond acceptors (Lipinski definition) is 5. The van der Waals surface area contributed by atoms with E-state index < -0.39 is 0 Å². The van der Waals surface area contributed by atoms with Gasteiger partial charge >= 0.3 is 0 Å². The van der Waals surface area contributed by atoms with Crippen molar-refractivity contribution in [2.24, 2.45) is 0 Å². The number of piperazine rings is 1. The Bertz CT molecular complexity index is 1080. The summed E-state index contributed by atoms with van der Waals surface area (Å²) in [6.45, 7) is 9.56. The number of nitrogens with zero attached hydrogens (tertiary/aromatic N) is 3. The highest BCUT2D eigenvalue weighted by molar-refractivity contribution is 6.45. The minimum Gasteiger partial charge on any atom is -0.364 e. The fourth-order valence-electron chi connectivity index (χ4n) is 4.28. The third-order valence-corrected chi connectivity index (χ3v) is 5.95. The van der Waals surface area contributed by atoms with Gasteiger partial charge in [-0.05, 0) is 48.9 Å². The summed E-state index contributed by atoms with van der Waals surface area (Å²) in [5, 5.41) is 2.74. The monoisotopic (exact) mass is 432 g/mol. The van der Waals surface area contributed by atoms with E-state index >= 15 is 0 Å². The van der Waals surface area contributed by atoms with Crippen LogP contribution in [0.4, 0.5) is 11.4 Å². The van der Waals surface area contributed by atoms with Crippen molar-refractivity contribution in [1.29, 1.82) is 0 Å². The largest absolute Gasteiger partial charge is 0.364 e. The van der Waals surface area contributed by atoms with Gasteiger partial charge in [0.2, 0.25) is 5.91 Å². The summed E-state index contributed by atoms with van der Waals surface area (Å²) in [5.74, 6) is -0.767. The molecule has 1 saturated heterocycles. The Hall–Kier alpha value is -3.45. The average Bonchev–Trinajstić information content (AvgIpc) is 3.04. The second kappa shape index (κ2) is 8.96. The first-order chi connectivity index (χ1) is 15.4. The van der Waals surface area contributed by atoms with Crippen LogP contribution in [0.1, 0.15) is 25.0 Å². The second-order valence-corrected chi connectivity index (χ2v) is 8.19. The number of anilines is 2. The smallest absolute Gasteiger partial charge is 0.282 e. The Morgan fingerprint density at radius 1 is 0.969 bits per heavy atom. The van der Waals surface area contributed by atoms with Crippen LogP contribution in [0.15, 0.2) is 54.2 Å². The third-order valence-electron chi connectivity index (χ3n) is 5.95. The molecule has 2 aliphatic heterocycles. The lowest BCUT2D eigenvalue weighted by atomic mass is 10.0. The molecule has 0 unspecified atom stereocenters. The number of carbonyl (C=O) groups excluding carboxylic acids is 3. The van der Waals surface area contributed by atoms with Crippen molar-refractivity contribution in [3.05, 3.63) is 65.4 Å². The molecular weight excluding hydrogens is 404 g/mol. The molecule has 0 aliphatic carbocycles. The lowest BCUT2D eigenvalue weighted by molar-refractivity contribution is -0.121. The zero-order valence-electron chi connectivity index (χ0n) is 18.7. The van der Waals surface area contributed by atoms with Crippen LogP contribution in [-0.2, 0) is 14.4 Å². The third kappa shape index (κ3) is 4.16. The Morgan fingerprint density at radius 2 is 1.66 bits per heavy atom. The highest BCUT2D eigenvalue weighted by Crippen LogP contribution is 2.35. The van der Waals surface area contributed by atoms with E-state index in [1.54, 1.807) is 30.3 Å². The lowest BCUT2D eigenvalue weighted by Gasteiger charge is -2.36. The number of rotatable bonds is 5. The quantitative estimate of drug-likeness (QED) is 0.736. The molecule has 1 fully saturated rings. The number of hydrogen-bond donors (Lipinski definition) is 1. The number of carbonyl (C=O) groups is 3. The molecule has 2 aliphatic rings. The number of likely N-dealkylation sites (N-methyl/N-ethyl adjacent to an activating group) is 1. The van der Waals surface area contributed by atoms with Gasteiger partial charge in [0.1, 0.15) is 5.70 Å². The van der Waals surface area contributed by atoms with Crippen LogP contribution in [0, 0.1) is 6.92 Å². The van der Waals surface area contributed by atoms with Gasteiger partial charge in [-0.3, -0.25) is 14.4 Å². The van der Waals surface area contributed by atoms with E-state index in [9.17, 15) is 14.4 Å². The summed E-state index contributed by atoms with van der Waals surface area (Å²) in [5.41, 5.74) is 3.74. The molecule has 1 N–H and O–H groups in total. The molecule has 0 saturated carbocycles. The topological polar surface area (TPSA) is 73.0 Å². The number of benzene rings is 2. The standard InChI is InChI=1S/C25H28N4O3/c1-4-27-12-14-28(15-13-27)23-22(19-8-10-20(11-9-19)26-18(3)30)24(31)29(25(23)32)21-7-5-6-17(2)16-21/h5-11,16H,4,12-15H2,1-3H3,(H,26,30). The lowest BCUT2D eigenvalue weighted by Crippen LogP contribution is -2.47. The Balaban J connectivity index is 1.75. The minimum absolute atomic E-state index is 0.163. The van der Waals surface area contributed by atoms with Gasteiger partial charge in [0.15, 0.2) is 0 Å². The van der Waals surface area contributed by atoms with Gasteiger partial charge in [0.25, 0.3) is 11.8 Å². The van der Waals surface area contributed by atoms with Crippen molar-refractivity contribution in [3.63, 3.8) is 0 Å². The van der Waals surface area contributed by atoms with E-state index in [-0.39, 0.29) is 17.7 Å². The summed E-state index contributed by atoms with van der Waals surface area (Å²) in [4.78, 5) is 44.2. The summed E-state index contributed by atoms with van der Waals surface area (Å²) < 4.78 is 0. The molecule has 2 aromatic rings. The van der Waals surface area contributed by atoms with Crippen LogP contribution >= 0.6 is 0 Å². The predicted molar refractivity (Wildman–Crippen MR) is 125 cm³/mol. The molecule has 32 heavy (non-hydrogen) atoms. The van der Waals surface area contributed by atoms with E-state index in [0.717, 1.165) is 25.2 Å². The van der Waals surface area contributed by atoms with Crippen LogP contribution in [0.5, 0.6) is 0 Å². The van der Waals surface area contributed by atoms with Crippen LogP contribution in [0.3, 0.4) is 0 Å². The molecule has 0 atom stereocenters. The summed E-state index contributed by atoms with van der Waals surface area (Å²) in [6, 6.07) is 14.5. The second-order valence-electron chi connectivity index (χ2n) is 8.19. The highest BCUT2D eigenvalue weighted by atomic mass is 16.2. The van der Waals surface area contributed by atoms with E-state index in [1.807, 2.05) is 30.0 Å². The Labute approximate surface area is 188 Å².